The van der Waals surface area contributed by atoms with Crippen molar-refractivity contribution in [2.75, 3.05) is 7.11 Å². The molecular weight excluding hydrogens is 410 g/mol. The number of benzene rings is 3. The number of fused-ring (bicyclic) bond motifs is 1. The molecule has 0 spiro atoms. The molecule has 3 aromatic carbocycles. The second-order valence-corrected chi connectivity index (χ2v) is 8.14. The van der Waals surface area contributed by atoms with E-state index in [-0.39, 0.29) is 5.97 Å². The van der Waals surface area contributed by atoms with Crippen LogP contribution in [0.2, 0.25) is 0 Å². The summed E-state index contributed by atoms with van der Waals surface area (Å²) >= 11 is 0. The Balaban J connectivity index is 1.46. The highest BCUT2D eigenvalue weighted by Gasteiger charge is 2.14. The number of methoxy groups -OCH3 is 1. The maximum absolute atomic E-state index is 12.0. The van der Waals surface area contributed by atoms with E-state index >= 15 is 0 Å². The molecule has 1 aromatic heterocycles. The van der Waals surface area contributed by atoms with Crippen molar-refractivity contribution in [2.45, 2.75) is 25.9 Å². The Labute approximate surface area is 194 Å². The molecule has 0 fully saturated rings. The first-order valence-corrected chi connectivity index (χ1v) is 11.0. The molecule has 0 aliphatic heterocycles. The van der Waals surface area contributed by atoms with E-state index < -0.39 is 6.10 Å². The second kappa shape index (κ2) is 10.2. The van der Waals surface area contributed by atoms with Crippen LogP contribution in [-0.4, -0.2) is 23.2 Å². The molecule has 4 rings (SSSR count). The Kier molecular flexibility index (Phi) is 6.96. The lowest BCUT2D eigenvalue weighted by Crippen LogP contribution is -2.07. The molecule has 0 unspecified atom stereocenters. The number of aliphatic hydroxyl groups is 1. The van der Waals surface area contributed by atoms with Crippen molar-refractivity contribution >= 4 is 29.0 Å². The number of pyridine rings is 1. The number of esters is 1. The van der Waals surface area contributed by atoms with Crippen molar-refractivity contribution in [2.24, 2.45) is 0 Å². The first-order valence-electron chi connectivity index (χ1n) is 11.0. The van der Waals surface area contributed by atoms with E-state index in [2.05, 4.69) is 31.2 Å². The SMILES string of the molecule is COC(=O)c1ccccc1CC[C@H](O)c1cccc(/C=C/c2ccc3ccc(C)cc3n2)c1. The topological polar surface area (TPSA) is 59.4 Å². The molecule has 0 saturated heterocycles. The Morgan fingerprint density at radius 3 is 2.67 bits per heavy atom. The molecule has 0 bridgehead atoms. The molecule has 4 heteroatoms. The average Bonchev–Trinajstić information content (AvgIpc) is 2.85. The molecule has 0 aliphatic rings. The lowest BCUT2D eigenvalue weighted by Gasteiger charge is -2.13. The highest BCUT2D eigenvalue weighted by Crippen LogP contribution is 2.23. The van der Waals surface area contributed by atoms with Gasteiger partial charge in [-0.2, -0.15) is 0 Å². The number of ether oxygens (including phenoxy) is 1. The lowest BCUT2D eigenvalue weighted by molar-refractivity contribution is 0.0599. The van der Waals surface area contributed by atoms with E-state index in [9.17, 15) is 9.90 Å². The van der Waals surface area contributed by atoms with Crippen molar-refractivity contribution in [1.29, 1.82) is 0 Å². The zero-order chi connectivity index (χ0) is 23.2. The molecule has 4 nitrogen and oxygen atoms in total. The van der Waals surface area contributed by atoms with E-state index in [0.29, 0.717) is 18.4 Å². The zero-order valence-electron chi connectivity index (χ0n) is 18.9. The number of carbonyl (C=O) groups excluding carboxylic acids is 1. The summed E-state index contributed by atoms with van der Waals surface area (Å²) in [6, 6.07) is 25.5. The van der Waals surface area contributed by atoms with Crippen LogP contribution in [0.15, 0.2) is 78.9 Å². The zero-order valence-corrected chi connectivity index (χ0v) is 18.9. The van der Waals surface area contributed by atoms with Gasteiger partial charge in [0.05, 0.1) is 30.0 Å². The van der Waals surface area contributed by atoms with Gasteiger partial charge < -0.3 is 9.84 Å². The van der Waals surface area contributed by atoms with Crippen molar-refractivity contribution in [3.05, 3.63) is 112 Å². The van der Waals surface area contributed by atoms with Gasteiger partial charge in [-0.05, 0) is 72.4 Å². The quantitative estimate of drug-likeness (QED) is 0.352. The molecule has 33 heavy (non-hydrogen) atoms. The van der Waals surface area contributed by atoms with Gasteiger partial charge in [0, 0.05) is 5.39 Å². The van der Waals surface area contributed by atoms with Gasteiger partial charge in [-0.1, -0.05) is 60.7 Å². The monoisotopic (exact) mass is 437 g/mol. The summed E-state index contributed by atoms with van der Waals surface area (Å²) in [6.45, 7) is 2.06. The minimum Gasteiger partial charge on any atom is -0.465 e. The van der Waals surface area contributed by atoms with Gasteiger partial charge in [0.15, 0.2) is 0 Å². The minimum absolute atomic E-state index is 0.357. The standard InChI is InChI=1S/C29H27NO3/c1-20-10-12-23-13-16-25(30-27(23)18-20)15-11-21-6-5-8-24(19-21)28(31)17-14-22-7-3-4-9-26(22)29(32)33-2/h3-13,15-16,18-19,28,31H,14,17H2,1-2H3/b15-11+/t28-/m0/s1. The van der Waals surface area contributed by atoms with Gasteiger partial charge in [0.25, 0.3) is 0 Å². The average molecular weight is 438 g/mol. The van der Waals surface area contributed by atoms with Gasteiger partial charge in [-0.25, -0.2) is 9.78 Å². The summed E-state index contributed by atoms with van der Waals surface area (Å²) < 4.78 is 4.86. The highest BCUT2D eigenvalue weighted by atomic mass is 16.5. The van der Waals surface area contributed by atoms with Crippen molar-refractivity contribution in [3.63, 3.8) is 0 Å². The summed E-state index contributed by atoms with van der Waals surface area (Å²) in [4.78, 5) is 16.7. The second-order valence-electron chi connectivity index (χ2n) is 8.14. The van der Waals surface area contributed by atoms with Crippen LogP contribution in [0.5, 0.6) is 0 Å². The summed E-state index contributed by atoms with van der Waals surface area (Å²) in [5.74, 6) is -0.357. The molecule has 1 heterocycles. The van der Waals surface area contributed by atoms with Gasteiger partial charge in [0.2, 0.25) is 0 Å². The van der Waals surface area contributed by atoms with E-state index in [1.807, 2.05) is 60.7 Å². The van der Waals surface area contributed by atoms with Gasteiger partial charge >= 0.3 is 5.97 Å². The molecule has 0 saturated carbocycles. The molecule has 0 amide bonds. The number of aryl methyl sites for hydroxylation is 2. The molecule has 1 N–H and O–H groups in total. The fraction of sp³-hybridized carbons (Fsp3) is 0.172. The van der Waals surface area contributed by atoms with Crippen LogP contribution in [0.1, 0.15) is 50.8 Å². The van der Waals surface area contributed by atoms with Gasteiger partial charge in [0.1, 0.15) is 0 Å². The number of rotatable bonds is 7. The van der Waals surface area contributed by atoms with Crippen molar-refractivity contribution < 1.29 is 14.6 Å². The summed E-state index contributed by atoms with van der Waals surface area (Å²) in [6.07, 6.45) is 4.44. The van der Waals surface area contributed by atoms with Crippen LogP contribution in [0.25, 0.3) is 23.1 Å². The summed E-state index contributed by atoms with van der Waals surface area (Å²) in [5.41, 5.74) is 6.31. The lowest BCUT2D eigenvalue weighted by atomic mass is 9.97. The molecule has 4 aromatic rings. The number of hydrogen-bond acceptors (Lipinski definition) is 4. The smallest absolute Gasteiger partial charge is 0.338 e. The number of carbonyl (C=O) groups is 1. The molecular formula is C29H27NO3. The van der Waals surface area contributed by atoms with Gasteiger partial charge in [-0.3, -0.25) is 0 Å². The predicted octanol–water partition coefficient (Wildman–Crippen LogP) is 6.17. The summed E-state index contributed by atoms with van der Waals surface area (Å²) in [5, 5.41) is 11.9. The Bertz CT molecular complexity index is 1310. The van der Waals surface area contributed by atoms with Crippen LogP contribution in [0.3, 0.4) is 0 Å². The van der Waals surface area contributed by atoms with E-state index in [1.54, 1.807) is 6.07 Å². The van der Waals surface area contributed by atoms with E-state index in [4.69, 9.17) is 9.72 Å². The Hall–Kier alpha value is -3.76. The van der Waals surface area contributed by atoms with Crippen LogP contribution in [0, 0.1) is 6.92 Å². The minimum atomic E-state index is -0.633. The predicted molar refractivity (Wildman–Crippen MR) is 133 cm³/mol. The molecule has 0 aliphatic carbocycles. The fourth-order valence-corrected chi connectivity index (χ4v) is 3.89. The number of aromatic nitrogens is 1. The Morgan fingerprint density at radius 1 is 1.00 bits per heavy atom. The van der Waals surface area contributed by atoms with Crippen molar-refractivity contribution in [1.82, 2.24) is 4.98 Å². The third-order valence-corrected chi connectivity index (χ3v) is 5.72. The van der Waals surface area contributed by atoms with E-state index in [0.717, 1.165) is 33.3 Å². The molecule has 0 radical (unpaired) electrons. The van der Waals surface area contributed by atoms with Crippen LogP contribution in [-0.2, 0) is 11.2 Å². The third kappa shape index (κ3) is 5.54. The van der Waals surface area contributed by atoms with Crippen LogP contribution < -0.4 is 0 Å². The molecule has 1 atom stereocenters. The maximum Gasteiger partial charge on any atom is 0.338 e. The Morgan fingerprint density at radius 2 is 1.82 bits per heavy atom. The number of nitrogens with zero attached hydrogens (tertiary/aromatic N) is 1. The fourth-order valence-electron chi connectivity index (χ4n) is 3.89. The van der Waals surface area contributed by atoms with Crippen LogP contribution >= 0.6 is 0 Å². The number of hydrogen-bond donors (Lipinski definition) is 1. The number of aliphatic hydroxyl groups excluding tert-OH is 1. The normalized spacial score (nSPS) is 12.2. The third-order valence-electron chi connectivity index (χ3n) is 5.72. The largest absolute Gasteiger partial charge is 0.465 e. The van der Waals surface area contributed by atoms with Crippen LogP contribution in [0.4, 0.5) is 0 Å². The highest BCUT2D eigenvalue weighted by molar-refractivity contribution is 5.91. The maximum atomic E-state index is 12.0. The van der Waals surface area contributed by atoms with E-state index in [1.165, 1.54) is 12.7 Å². The summed E-state index contributed by atoms with van der Waals surface area (Å²) in [7, 11) is 1.38. The first-order chi connectivity index (χ1) is 16.0. The van der Waals surface area contributed by atoms with Crippen molar-refractivity contribution in [3.8, 4) is 0 Å². The molecule has 166 valence electrons. The van der Waals surface area contributed by atoms with Gasteiger partial charge in [-0.15, -0.1) is 0 Å². The first kappa shape index (κ1) is 22.4.